The van der Waals surface area contributed by atoms with Gasteiger partial charge in [0.2, 0.25) is 6.10 Å². The molecule has 3 aromatic carbocycles. The van der Waals surface area contributed by atoms with Gasteiger partial charge < -0.3 is 19.3 Å². The second-order valence-electron chi connectivity index (χ2n) is 8.62. The van der Waals surface area contributed by atoms with Crippen molar-refractivity contribution < 1.29 is 23.6 Å². The summed E-state index contributed by atoms with van der Waals surface area (Å²) in [6.45, 7) is 7.85. The first kappa shape index (κ1) is 24.7. The molecule has 0 radical (unpaired) electrons. The first-order chi connectivity index (χ1) is 17.3. The third kappa shape index (κ3) is 5.81. The van der Waals surface area contributed by atoms with E-state index in [4.69, 9.17) is 14.0 Å². The number of benzene rings is 3. The summed E-state index contributed by atoms with van der Waals surface area (Å²) in [7, 11) is 0. The Morgan fingerprint density at radius 3 is 2.33 bits per heavy atom. The van der Waals surface area contributed by atoms with Crippen molar-refractivity contribution >= 4 is 17.6 Å². The number of esters is 1. The number of nitrogens with one attached hydrogen (secondary N) is 1. The highest BCUT2D eigenvalue weighted by atomic mass is 16.5. The summed E-state index contributed by atoms with van der Waals surface area (Å²) < 4.78 is 16.7. The SMILES string of the molecule is Cc1ccc(C)c(NC(=O)C(OC(=O)c2ccc(OCc3c(C)noc3C)cc2)c2ccccc2)c1. The molecule has 0 aliphatic carbocycles. The molecular weight excluding hydrogens is 456 g/mol. The third-order valence-corrected chi connectivity index (χ3v) is 5.87. The molecule has 0 aliphatic rings. The van der Waals surface area contributed by atoms with Crippen molar-refractivity contribution in [3.63, 3.8) is 0 Å². The number of hydrogen-bond acceptors (Lipinski definition) is 6. The number of amides is 1. The fourth-order valence-electron chi connectivity index (χ4n) is 3.70. The van der Waals surface area contributed by atoms with E-state index in [9.17, 15) is 9.59 Å². The Labute approximate surface area is 210 Å². The molecule has 7 nitrogen and oxygen atoms in total. The average Bonchev–Trinajstić information content (AvgIpc) is 3.20. The van der Waals surface area contributed by atoms with Crippen LogP contribution in [-0.4, -0.2) is 17.0 Å². The number of ether oxygens (including phenoxy) is 2. The monoisotopic (exact) mass is 484 g/mol. The van der Waals surface area contributed by atoms with Gasteiger partial charge in [0.05, 0.1) is 16.8 Å². The predicted octanol–water partition coefficient (Wildman–Crippen LogP) is 6.02. The quantitative estimate of drug-likeness (QED) is 0.307. The number of carbonyl (C=O) groups is 2. The number of nitrogens with zero attached hydrogens (tertiary/aromatic N) is 1. The van der Waals surface area contributed by atoms with Gasteiger partial charge >= 0.3 is 5.97 Å². The molecule has 4 aromatic rings. The molecule has 1 heterocycles. The lowest BCUT2D eigenvalue weighted by molar-refractivity contribution is -0.125. The zero-order valence-electron chi connectivity index (χ0n) is 20.7. The van der Waals surface area contributed by atoms with Crippen molar-refractivity contribution in [2.75, 3.05) is 5.32 Å². The van der Waals surface area contributed by atoms with Crippen LogP contribution in [0.2, 0.25) is 0 Å². The average molecular weight is 485 g/mol. The highest BCUT2D eigenvalue weighted by Gasteiger charge is 2.26. The Morgan fingerprint density at radius 1 is 0.944 bits per heavy atom. The van der Waals surface area contributed by atoms with Crippen molar-refractivity contribution in [1.29, 1.82) is 0 Å². The molecule has 184 valence electrons. The van der Waals surface area contributed by atoms with Gasteiger partial charge in [0, 0.05) is 11.3 Å². The Hall–Kier alpha value is -4.39. The Morgan fingerprint density at radius 2 is 1.67 bits per heavy atom. The minimum absolute atomic E-state index is 0.305. The lowest BCUT2D eigenvalue weighted by Crippen LogP contribution is -2.26. The van der Waals surface area contributed by atoms with Crippen LogP contribution in [0.1, 0.15) is 50.2 Å². The summed E-state index contributed by atoms with van der Waals surface area (Å²) in [6, 6.07) is 21.3. The summed E-state index contributed by atoms with van der Waals surface area (Å²) in [6.07, 6.45) is -1.12. The van der Waals surface area contributed by atoms with E-state index in [1.807, 2.05) is 52.0 Å². The minimum Gasteiger partial charge on any atom is -0.489 e. The normalized spacial score (nSPS) is 11.6. The minimum atomic E-state index is -1.12. The molecule has 1 atom stereocenters. The Balaban J connectivity index is 1.47. The predicted molar refractivity (Wildman–Crippen MR) is 136 cm³/mol. The molecule has 0 fully saturated rings. The van der Waals surface area contributed by atoms with Gasteiger partial charge in [-0.05, 0) is 69.2 Å². The Bertz CT molecular complexity index is 1340. The second-order valence-corrected chi connectivity index (χ2v) is 8.62. The fraction of sp³-hybridized carbons (Fsp3) is 0.207. The van der Waals surface area contributed by atoms with Crippen LogP contribution < -0.4 is 10.1 Å². The number of aryl methyl sites for hydroxylation is 4. The molecule has 0 saturated carbocycles. The van der Waals surface area contributed by atoms with E-state index in [0.717, 1.165) is 22.4 Å². The molecule has 36 heavy (non-hydrogen) atoms. The van der Waals surface area contributed by atoms with Crippen molar-refractivity contribution in [3.05, 3.63) is 112 Å². The van der Waals surface area contributed by atoms with Gasteiger partial charge in [-0.15, -0.1) is 0 Å². The smallest absolute Gasteiger partial charge is 0.339 e. The largest absolute Gasteiger partial charge is 0.489 e. The summed E-state index contributed by atoms with van der Waals surface area (Å²) in [5, 5.41) is 6.82. The van der Waals surface area contributed by atoms with E-state index in [0.29, 0.717) is 34.9 Å². The highest BCUT2D eigenvalue weighted by Crippen LogP contribution is 2.25. The van der Waals surface area contributed by atoms with Crippen LogP contribution in [0.25, 0.3) is 0 Å². The number of carbonyl (C=O) groups excluding carboxylic acids is 2. The lowest BCUT2D eigenvalue weighted by atomic mass is 10.1. The van der Waals surface area contributed by atoms with Gasteiger partial charge in [0.1, 0.15) is 18.1 Å². The van der Waals surface area contributed by atoms with Crippen LogP contribution in [-0.2, 0) is 16.1 Å². The first-order valence-corrected chi connectivity index (χ1v) is 11.6. The van der Waals surface area contributed by atoms with Gasteiger partial charge in [-0.25, -0.2) is 4.79 Å². The van der Waals surface area contributed by atoms with Crippen molar-refractivity contribution in [2.24, 2.45) is 0 Å². The molecule has 4 rings (SSSR count). The van der Waals surface area contributed by atoms with Gasteiger partial charge in [0.15, 0.2) is 0 Å². The molecule has 1 N–H and O–H groups in total. The lowest BCUT2D eigenvalue weighted by Gasteiger charge is -2.19. The van der Waals surface area contributed by atoms with Crippen LogP contribution in [0.3, 0.4) is 0 Å². The van der Waals surface area contributed by atoms with Crippen LogP contribution in [0.4, 0.5) is 5.69 Å². The van der Waals surface area contributed by atoms with Crippen molar-refractivity contribution in [1.82, 2.24) is 5.16 Å². The summed E-state index contributed by atoms with van der Waals surface area (Å²) in [5.41, 5.74) is 5.16. The number of aromatic nitrogens is 1. The van der Waals surface area contributed by atoms with Crippen LogP contribution in [0.5, 0.6) is 5.75 Å². The third-order valence-electron chi connectivity index (χ3n) is 5.87. The standard InChI is InChI=1S/C29H28N2O5/c1-18-10-11-19(2)26(16-18)30-28(32)27(22-8-6-5-7-9-22)35-29(33)23-12-14-24(15-13-23)34-17-25-20(3)31-36-21(25)4/h5-16,27H,17H2,1-4H3,(H,30,32). The summed E-state index contributed by atoms with van der Waals surface area (Å²) in [5.74, 6) is 0.248. The van der Waals surface area contributed by atoms with E-state index in [-0.39, 0.29) is 0 Å². The van der Waals surface area contributed by atoms with E-state index in [1.165, 1.54) is 0 Å². The fourth-order valence-corrected chi connectivity index (χ4v) is 3.70. The number of rotatable bonds is 8. The topological polar surface area (TPSA) is 90.7 Å². The van der Waals surface area contributed by atoms with E-state index >= 15 is 0 Å². The maximum atomic E-state index is 13.2. The van der Waals surface area contributed by atoms with Crippen LogP contribution in [0, 0.1) is 27.7 Å². The molecule has 1 amide bonds. The molecule has 0 spiro atoms. The molecule has 7 heteroatoms. The van der Waals surface area contributed by atoms with Gasteiger partial charge in [-0.1, -0.05) is 47.6 Å². The number of hydrogen-bond donors (Lipinski definition) is 1. The number of anilines is 1. The maximum absolute atomic E-state index is 13.2. The van der Waals surface area contributed by atoms with Gasteiger partial charge in [-0.3, -0.25) is 4.79 Å². The zero-order chi connectivity index (χ0) is 25.7. The highest BCUT2D eigenvalue weighted by molar-refractivity contribution is 5.98. The van der Waals surface area contributed by atoms with Gasteiger partial charge in [0.25, 0.3) is 5.91 Å². The molecule has 0 aliphatic heterocycles. The summed E-state index contributed by atoms with van der Waals surface area (Å²) >= 11 is 0. The molecule has 0 bridgehead atoms. The maximum Gasteiger partial charge on any atom is 0.339 e. The van der Waals surface area contributed by atoms with Crippen LogP contribution >= 0.6 is 0 Å². The Kier molecular flexibility index (Phi) is 7.49. The van der Waals surface area contributed by atoms with E-state index in [1.54, 1.807) is 48.5 Å². The van der Waals surface area contributed by atoms with Crippen molar-refractivity contribution in [3.8, 4) is 5.75 Å². The molecule has 0 saturated heterocycles. The van der Waals surface area contributed by atoms with Crippen LogP contribution in [0.15, 0.2) is 77.3 Å². The second kappa shape index (κ2) is 10.9. The molecule has 1 aromatic heterocycles. The zero-order valence-corrected chi connectivity index (χ0v) is 20.7. The summed E-state index contributed by atoms with van der Waals surface area (Å²) in [4.78, 5) is 26.2. The molecule has 1 unspecified atom stereocenters. The van der Waals surface area contributed by atoms with Crippen molar-refractivity contribution in [2.45, 2.75) is 40.4 Å². The van der Waals surface area contributed by atoms with E-state index < -0.39 is 18.0 Å². The first-order valence-electron chi connectivity index (χ1n) is 11.6. The van der Waals surface area contributed by atoms with E-state index in [2.05, 4.69) is 10.5 Å². The molecular formula is C29H28N2O5. The van der Waals surface area contributed by atoms with Gasteiger partial charge in [-0.2, -0.15) is 0 Å².